The number of benzene rings is 4. The Morgan fingerprint density at radius 3 is 1.61 bits per heavy atom. The van der Waals surface area contributed by atoms with Crippen LogP contribution in [0.2, 0.25) is 5.02 Å². The van der Waals surface area contributed by atoms with Crippen LogP contribution in [0.3, 0.4) is 0 Å². The molecule has 0 heterocycles. The number of rotatable bonds is 13. The number of halogens is 7. The maximum Gasteiger partial charge on any atom is 0.416 e. The third-order valence-electron chi connectivity index (χ3n) is 11.7. The normalized spacial score (nSPS) is 18.1. The van der Waals surface area contributed by atoms with Crippen molar-refractivity contribution in [3.63, 3.8) is 0 Å². The van der Waals surface area contributed by atoms with E-state index < -0.39 is 41.3 Å². The van der Waals surface area contributed by atoms with E-state index >= 15 is 0 Å². The van der Waals surface area contributed by atoms with Gasteiger partial charge in [0.15, 0.2) is 11.6 Å². The van der Waals surface area contributed by atoms with Gasteiger partial charge in [0.2, 0.25) is 0 Å². The van der Waals surface area contributed by atoms with Gasteiger partial charge in [0.1, 0.15) is 11.5 Å². The van der Waals surface area contributed by atoms with Gasteiger partial charge in [0.05, 0.1) is 24.3 Å². The largest absolute Gasteiger partial charge is 0.465 e. The SMILES string of the molecule is C.C.C.C.CCOC(=O)/C(=C\c1cccc(C(F)(F)F)c1)C(=O)C1CCC(c2ccc(Cl)cc2)CC1.CCOC(=O)C(Cc1cccc(C(F)(F)F)c1)C(=O)C1CCC(c2ccccc2)CC1.[CH3-].[Pd]. The molecule has 2 aliphatic carbocycles. The summed E-state index contributed by atoms with van der Waals surface area (Å²) >= 11 is 5.95. The van der Waals surface area contributed by atoms with Crippen LogP contribution in [0.4, 0.5) is 26.3 Å². The van der Waals surface area contributed by atoms with Crippen LogP contribution < -0.4 is 0 Å². The average molecular weight is 1080 g/mol. The summed E-state index contributed by atoms with van der Waals surface area (Å²) in [5, 5.41) is 0.663. The standard InChI is InChI=1S/C25H24ClF3O3.C25H27F3O3.4CH4.CH3.Pd/c1-2-32-24(31)22(15-16-4-3-5-20(14-16)25(27,28)29)23(30)19-8-6-17(7-9-19)18-10-12-21(26)13-11-18;1-2-31-24(30)22(16-17-7-6-10-21(15-17)25(26,27)28)23(29)20-13-11-19(12-14-20)18-8-4-3-5-9-18;;;;;;/h3-5,10-15,17,19H,2,6-9H2,1H3;3-10,15,19-20,22H,2,11-14,16H2,1H3;4*1H4;1H3;/q;;;;;;-1;/b22-15-;;;;;;;. The number of esters is 2. The van der Waals surface area contributed by atoms with Gasteiger partial charge in [-0.15, -0.1) is 0 Å². The van der Waals surface area contributed by atoms with E-state index in [2.05, 4.69) is 12.1 Å². The smallest absolute Gasteiger partial charge is 0.416 e. The number of ketones is 2. The van der Waals surface area contributed by atoms with Crippen molar-refractivity contribution in [2.75, 3.05) is 13.2 Å². The Kier molecular flexibility index (Phi) is 29.8. The third kappa shape index (κ3) is 19.3. The molecule has 0 aromatic heterocycles. The molecule has 0 amide bonds. The van der Waals surface area contributed by atoms with E-state index in [1.54, 1.807) is 13.8 Å². The molecule has 0 spiro atoms. The molecule has 2 fully saturated rings. The first-order valence-electron chi connectivity index (χ1n) is 21.3. The van der Waals surface area contributed by atoms with Crippen LogP contribution in [0.1, 0.15) is 140 Å². The Morgan fingerprint density at radius 2 is 1.10 bits per heavy atom. The summed E-state index contributed by atoms with van der Waals surface area (Å²) in [6.45, 7) is 3.44. The van der Waals surface area contributed by atoms with Crippen LogP contribution in [0.25, 0.3) is 6.08 Å². The Labute approximate surface area is 425 Å². The molecule has 4 aromatic carbocycles. The number of carbonyl (C=O) groups excluding carboxylic acids is 4. The average Bonchev–Trinajstić information content (AvgIpc) is 3.27. The van der Waals surface area contributed by atoms with Gasteiger partial charge in [-0.1, -0.05) is 114 Å². The Bertz CT molecular complexity index is 2190. The van der Waals surface area contributed by atoms with Crippen LogP contribution >= 0.6 is 11.6 Å². The maximum atomic E-state index is 13.2. The third-order valence-corrected chi connectivity index (χ3v) is 12.0. The fourth-order valence-corrected chi connectivity index (χ4v) is 8.55. The Hall–Kier alpha value is -4.57. The molecule has 6 nitrogen and oxygen atoms in total. The van der Waals surface area contributed by atoms with Crippen molar-refractivity contribution in [1.82, 2.24) is 0 Å². The molecule has 6 rings (SSSR count). The number of hydrogen-bond acceptors (Lipinski definition) is 6. The van der Waals surface area contributed by atoms with E-state index in [4.69, 9.17) is 21.1 Å². The van der Waals surface area contributed by atoms with Gasteiger partial charge in [-0.2, -0.15) is 26.3 Å². The summed E-state index contributed by atoms with van der Waals surface area (Å²) in [6.07, 6.45) is -2.12. The van der Waals surface area contributed by atoms with Crippen molar-refractivity contribution < 1.29 is 75.4 Å². The summed E-state index contributed by atoms with van der Waals surface area (Å²) in [7, 11) is 0. The molecule has 1 unspecified atom stereocenters. The monoisotopic (exact) mass is 1080 g/mol. The second kappa shape index (κ2) is 30.9. The van der Waals surface area contributed by atoms with Crippen LogP contribution in [0.5, 0.6) is 0 Å². The second-order valence-corrected chi connectivity index (χ2v) is 16.4. The molecular weight excluding hydrogens is 1010 g/mol. The Balaban J connectivity index is 0. The zero-order chi connectivity index (χ0) is 45.7. The van der Waals surface area contributed by atoms with Crippen LogP contribution in [0, 0.1) is 25.2 Å². The van der Waals surface area contributed by atoms with Crippen molar-refractivity contribution in [2.45, 2.75) is 126 Å². The number of alkyl halides is 6. The minimum atomic E-state index is -4.52. The molecule has 0 bridgehead atoms. The fraction of sp³-hybridized carbons (Fsp3) is 0.436. The first kappa shape index (κ1) is 66.5. The molecule has 386 valence electrons. The molecule has 4 aromatic rings. The summed E-state index contributed by atoms with van der Waals surface area (Å²) in [5.41, 5.74) is 1.00. The van der Waals surface area contributed by atoms with E-state index in [-0.39, 0.29) is 112 Å². The number of ether oxygens (including phenoxy) is 2. The quantitative estimate of drug-likeness (QED) is 0.0252. The minimum absolute atomic E-state index is 0. The van der Waals surface area contributed by atoms with E-state index in [1.807, 2.05) is 42.5 Å². The van der Waals surface area contributed by atoms with Crippen molar-refractivity contribution >= 4 is 41.2 Å². The van der Waals surface area contributed by atoms with Crippen molar-refractivity contribution in [3.8, 4) is 0 Å². The first-order valence-corrected chi connectivity index (χ1v) is 21.6. The minimum Gasteiger partial charge on any atom is -0.465 e. The summed E-state index contributed by atoms with van der Waals surface area (Å²) in [6, 6.07) is 27.1. The number of Topliss-reactive ketones (excluding diaryl/α,β-unsaturated/α-hetero) is 2. The topological polar surface area (TPSA) is 86.7 Å². The van der Waals surface area contributed by atoms with Gasteiger partial charge < -0.3 is 16.9 Å². The zero-order valence-corrected chi connectivity index (χ0v) is 38.8. The predicted octanol–water partition coefficient (Wildman–Crippen LogP) is 15.8. The molecule has 0 saturated heterocycles. The summed E-state index contributed by atoms with van der Waals surface area (Å²) in [5.74, 6) is -3.12. The van der Waals surface area contributed by atoms with Crippen LogP contribution in [0.15, 0.2) is 109 Å². The molecule has 0 aliphatic heterocycles. The van der Waals surface area contributed by atoms with Gasteiger partial charge in [-0.25, -0.2) is 4.79 Å². The second-order valence-electron chi connectivity index (χ2n) is 15.9. The van der Waals surface area contributed by atoms with Gasteiger partial charge in [-0.05, 0) is 142 Å². The Morgan fingerprint density at radius 1 is 0.623 bits per heavy atom. The maximum absolute atomic E-state index is 13.2. The summed E-state index contributed by atoms with van der Waals surface area (Å²) in [4.78, 5) is 51.4. The zero-order valence-electron chi connectivity index (χ0n) is 36.5. The number of carbonyl (C=O) groups is 4. The van der Waals surface area contributed by atoms with Crippen LogP contribution in [-0.2, 0) is 67.8 Å². The van der Waals surface area contributed by atoms with E-state index in [1.165, 1.54) is 35.9 Å². The first-order chi connectivity index (χ1) is 30.0. The molecule has 14 heteroatoms. The van der Waals surface area contributed by atoms with E-state index in [9.17, 15) is 45.5 Å². The van der Waals surface area contributed by atoms with Gasteiger partial charge in [0.25, 0.3) is 0 Å². The van der Waals surface area contributed by atoms with Crippen molar-refractivity contribution in [1.29, 1.82) is 0 Å². The molecule has 1 atom stereocenters. The van der Waals surface area contributed by atoms with Gasteiger partial charge in [0, 0.05) is 37.3 Å². The fourth-order valence-electron chi connectivity index (χ4n) is 8.43. The van der Waals surface area contributed by atoms with Crippen molar-refractivity contribution in [2.24, 2.45) is 17.8 Å². The molecule has 2 aliphatic rings. The summed E-state index contributed by atoms with van der Waals surface area (Å²) < 4.78 is 88.4. The van der Waals surface area contributed by atoms with Gasteiger partial charge in [-0.3, -0.25) is 14.4 Å². The molecule has 69 heavy (non-hydrogen) atoms. The van der Waals surface area contributed by atoms with E-state index in [0.29, 0.717) is 48.1 Å². The number of hydrogen-bond donors (Lipinski definition) is 0. The van der Waals surface area contributed by atoms with E-state index in [0.717, 1.165) is 55.5 Å². The predicted molar refractivity (Wildman–Crippen MR) is 262 cm³/mol. The molecule has 0 N–H and O–H groups in total. The molecular formula is C55H70ClF6O6Pd-. The molecule has 0 radical (unpaired) electrons. The van der Waals surface area contributed by atoms with Crippen LogP contribution in [-0.4, -0.2) is 36.7 Å². The van der Waals surface area contributed by atoms with Crippen molar-refractivity contribution in [3.05, 3.63) is 155 Å². The van der Waals surface area contributed by atoms with Gasteiger partial charge >= 0.3 is 24.3 Å². The molecule has 2 saturated carbocycles.